The maximum absolute atomic E-state index is 11.5. The molecule has 1 aliphatic heterocycles. The van der Waals surface area contributed by atoms with E-state index in [1.807, 2.05) is 0 Å². The van der Waals surface area contributed by atoms with Crippen molar-refractivity contribution < 1.29 is 19.3 Å². The van der Waals surface area contributed by atoms with Gasteiger partial charge in [0.15, 0.2) is 5.79 Å². The average molecular weight is 373 g/mol. The first kappa shape index (κ1) is 18.0. The summed E-state index contributed by atoms with van der Waals surface area (Å²) in [4.78, 5) is 0. The molecule has 2 fully saturated rings. The summed E-state index contributed by atoms with van der Waals surface area (Å²) in [6.45, 7) is 7.76. The Balaban J connectivity index is 1.47. The van der Waals surface area contributed by atoms with Crippen molar-refractivity contribution >= 4 is 0 Å². The SMILES string of the molecule is C=C(OC)[C@@]1(O)CC[C@H]2[C@@H]3CCC4=C(CCC5(C4)OCCO5)C3=CC[C@@]21C. The third kappa shape index (κ3) is 2.33. The first-order chi connectivity index (χ1) is 12.9. The lowest BCUT2D eigenvalue weighted by Gasteiger charge is -2.51. The van der Waals surface area contributed by atoms with E-state index in [1.165, 1.54) is 6.42 Å². The molecule has 5 aliphatic rings. The third-order valence-corrected chi connectivity index (χ3v) is 8.50. The van der Waals surface area contributed by atoms with E-state index in [9.17, 15) is 5.11 Å². The zero-order valence-electron chi connectivity index (χ0n) is 16.7. The molecule has 1 N–H and O–H groups in total. The second-order valence-corrected chi connectivity index (χ2v) is 9.43. The summed E-state index contributed by atoms with van der Waals surface area (Å²) < 4.78 is 17.4. The Morgan fingerprint density at radius 1 is 1.22 bits per heavy atom. The van der Waals surface area contributed by atoms with Gasteiger partial charge in [-0.05, 0) is 61.5 Å². The maximum atomic E-state index is 11.5. The third-order valence-electron chi connectivity index (χ3n) is 8.50. The lowest BCUT2D eigenvalue weighted by molar-refractivity contribution is -0.164. The van der Waals surface area contributed by atoms with Crippen LogP contribution in [0.3, 0.4) is 0 Å². The second kappa shape index (κ2) is 5.95. The van der Waals surface area contributed by atoms with Gasteiger partial charge in [0.2, 0.25) is 0 Å². The first-order valence-corrected chi connectivity index (χ1v) is 10.6. The fourth-order valence-electron chi connectivity index (χ4n) is 6.93. The van der Waals surface area contributed by atoms with Gasteiger partial charge in [0.25, 0.3) is 0 Å². The Bertz CT molecular complexity index is 729. The number of ether oxygens (including phenoxy) is 3. The van der Waals surface area contributed by atoms with Crippen LogP contribution in [0.5, 0.6) is 0 Å². The molecule has 4 aliphatic carbocycles. The van der Waals surface area contributed by atoms with Crippen LogP contribution in [-0.4, -0.2) is 36.8 Å². The van der Waals surface area contributed by atoms with Crippen LogP contribution < -0.4 is 0 Å². The van der Waals surface area contributed by atoms with Gasteiger partial charge in [0, 0.05) is 18.3 Å². The molecule has 0 radical (unpaired) electrons. The van der Waals surface area contributed by atoms with Crippen molar-refractivity contribution in [3.8, 4) is 0 Å². The Labute approximate surface area is 162 Å². The summed E-state index contributed by atoms with van der Waals surface area (Å²) in [6, 6.07) is 0. The van der Waals surface area contributed by atoms with Gasteiger partial charge in [-0.2, -0.15) is 0 Å². The van der Waals surface area contributed by atoms with Crippen molar-refractivity contribution in [3.63, 3.8) is 0 Å². The standard InChI is InChI=1S/C23H32O4/c1-15(25-3)23(24)11-8-20-19-5-4-16-14-22(26-12-13-27-22)10-7-17(16)18(19)6-9-21(20,23)2/h6,19-20,24H,1,4-5,7-14H2,2-3H3/t19-,20+,21+,23+/m1/s1. The van der Waals surface area contributed by atoms with Gasteiger partial charge in [0.1, 0.15) is 11.4 Å². The van der Waals surface area contributed by atoms with E-state index in [1.54, 1.807) is 23.8 Å². The molecule has 4 nitrogen and oxygen atoms in total. The highest BCUT2D eigenvalue weighted by Crippen LogP contribution is 2.64. The van der Waals surface area contributed by atoms with Gasteiger partial charge in [-0.25, -0.2) is 0 Å². The molecule has 1 saturated heterocycles. The molecule has 0 aromatic carbocycles. The molecule has 27 heavy (non-hydrogen) atoms. The summed E-state index contributed by atoms with van der Waals surface area (Å²) >= 11 is 0. The van der Waals surface area contributed by atoms with Crippen molar-refractivity contribution in [2.75, 3.05) is 20.3 Å². The molecule has 0 aromatic heterocycles. The topological polar surface area (TPSA) is 47.9 Å². The van der Waals surface area contributed by atoms with Crippen LogP contribution in [0.15, 0.2) is 35.1 Å². The molecule has 4 atom stereocenters. The lowest BCUT2D eigenvalue weighted by Crippen LogP contribution is -2.50. The van der Waals surface area contributed by atoms with Crippen LogP contribution in [0.1, 0.15) is 58.3 Å². The van der Waals surface area contributed by atoms with Gasteiger partial charge in [-0.3, -0.25) is 0 Å². The van der Waals surface area contributed by atoms with Crippen molar-refractivity contribution in [2.45, 2.75) is 69.7 Å². The molecule has 0 amide bonds. The molecule has 0 aromatic rings. The summed E-state index contributed by atoms with van der Waals surface area (Å²) in [5.74, 6) is 1.26. The highest BCUT2D eigenvalue weighted by atomic mass is 16.7. The first-order valence-electron chi connectivity index (χ1n) is 10.6. The molecule has 1 saturated carbocycles. The van der Waals surface area contributed by atoms with Crippen molar-refractivity contribution in [1.29, 1.82) is 0 Å². The average Bonchev–Trinajstić information content (AvgIpc) is 3.23. The fourth-order valence-corrected chi connectivity index (χ4v) is 6.93. The lowest BCUT2D eigenvalue weighted by atomic mass is 9.56. The minimum absolute atomic E-state index is 0.181. The minimum Gasteiger partial charge on any atom is -0.499 e. The van der Waals surface area contributed by atoms with Gasteiger partial charge in [0.05, 0.1) is 20.3 Å². The van der Waals surface area contributed by atoms with E-state index in [0.29, 0.717) is 17.6 Å². The zero-order chi connectivity index (χ0) is 18.9. The Morgan fingerprint density at radius 2 is 2.00 bits per heavy atom. The quantitative estimate of drug-likeness (QED) is 0.736. The molecule has 0 unspecified atom stereocenters. The summed E-state index contributed by atoms with van der Waals surface area (Å²) in [7, 11) is 1.63. The van der Waals surface area contributed by atoms with Crippen LogP contribution in [0.25, 0.3) is 0 Å². The van der Waals surface area contributed by atoms with Gasteiger partial charge >= 0.3 is 0 Å². The van der Waals surface area contributed by atoms with E-state index in [-0.39, 0.29) is 11.2 Å². The number of rotatable bonds is 2. The predicted molar refractivity (Wildman–Crippen MR) is 103 cm³/mol. The Kier molecular flexibility index (Phi) is 3.96. The van der Waals surface area contributed by atoms with Crippen LogP contribution in [0, 0.1) is 17.3 Å². The number of methoxy groups -OCH3 is 1. The highest BCUT2D eigenvalue weighted by molar-refractivity contribution is 5.45. The Morgan fingerprint density at radius 3 is 2.74 bits per heavy atom. The smallest absolute Gasteiger partial charge is 0.172 e. The summed E-state index contributed by atoms with van der Waals surface area (Å²) in [5.41, 5.74) is 3.62. The van der Waals surface area contributed by atoms with Gasteiger partial charge < -0.3 is 19.3 Å². The zero-order valence-corrected chi connectivity index (χ0v) is 16.7. The molecular weight excluding hydrogens is 340 g/mol. The summed E-state index contributed by atoms with van der Waals surface area (Å²) in [6.07, 6.45) is 10.4. The number of fused-ring (bicyclic) bond motifs is 4. The number of aliphatic hydroxyl groups is 1. The predicted octanol–water partition coefficient (Wildman–Crippen LogP) is 4.26. The minimum atomic E-state index is -0.911. The van der Waals surface area contributed by atoms with Gasteiger partial charge in [-0.1, -0.05) is 25.2 Å². The number of allylic oxidation sites excluding steroid dienone is 3. The second-order valence-electron chi connectivity index (χ2n) is 9.43. The van der Waals surface area contributed by atoms with Crippen molar-refractivity contribution in [1.82, 2.24) is 0 Å². The molecule has 1 spiro atoms. The summed E-state index contributed by atoms with van der Waals surface area (Å²) in [5, 5.41) is 11.5. The molecule has 4 heteroatoms. The normalized spacial score (nSPS) is 42.4. The molecule has 0 bridgehead atoms. The van der Waals surface area contributed by atoms with E-state index in [2.05, 4.69) is 19.6 Å². The van der Waals surface area contributed by atoms with E-state index >= 15 is 0 Å². The number of hydrogen-bond acceptors (Lipinski definition) is 4. The number of hydrogen-bond donors (Lipinski definition) is 1. The van der Waals surface area contributed by atoms with E-state index in [4.69, 9.17) is 14.2 Å². The van der Waals surface area contributed by atoms with E-state index < -0.39 is 5.60 Å². The van der Waals surface area contributed by atoms with Crippen LogP contribution in [-0.2, 0) is 14.2 Å². The van der Waals surface area contributed by atoms with Crippen LogP contribution >= 0.6 is 0 Å². The van der Waals surface area contributed by atoms with E-state index in [0.717, 1.165) is 58.2 Å². The monoisotopic (exact) mass is 372 g/mol. The van der Waals surface area contributed by atoms with Gasteiger partial charge in [-0.15, -0.1) is 0 Å². The fraction of sp³-hybridized carbons (Fsp3) is 0.739. The molecule has 1 heterocycles. The molecule has 5 rings (SSSR count). The van der Waals surface area contributed by atoms with Crippen LogP contribution in [0.2, 0.25) is 0 Å². The van der Waals surface area contributed by atoms with Crippen molar-refractivity contribution in [3.05, 3.63) is 35.1 Å². The van der Waals surface area contributed by atoms with Crippen molar-refractivity contribution in [2.24, 2.45) is 17.3 Å². The molecule has 148 valence electrons. The largest absolute Gasteiger partial charge is 0.499 e. The van der Waals surface area contributed by atoms with Crippen LogP contribution in [0.4, 0.5) is 0 Å². The Hall–Kier alpha value is -1.10. The maximum Gasteiger partial charge on any atom is 0.172 e. The molecular formula is C23H32O4. The highest BCUT2D eigenvalue weighted by Gasteiger charge is 2.62.